The Balaban J connectivity index is 1.79. The van der Waals surface area contributed by atoms with Crippen LogP contribution >= 0.6 is 0 Å². The average Bonchev–Trinajstić information content (AvgIpc) is 2.33. The molecule has 0 aromatic heterocycles. The maximum Gasteiger partial charge on any atom is 0.0507 e. The summed E-state index contributed by atoms with van der Waals surface area (Å²) >= 11 is 0. The number of hydrogen-bond donors (Lipinski definition) is 1. The molecule has 0 unspecified atom stereocenters. The van der Waals surface area contributed by atoms with Crippen molar-refractivity contribution in [3.8, 4) is 0 Å². The van der Waals surface area contributed by atoms with E-state index < -0.39 is 0 Å². The highest BCUT2D eigenvalue weighted by Crippen LogP contribution is 2.06. The number of benzene rings is 1. The van der Waals surface area contributed by atoms with Gasteiger partial charge < -0.3 is 5.32 Å². The first-order valence-electron chi connectivity index (χ1n) is 6.41. The first-order valence-corrected chi connectivity index (χ1v) is 6.41. The predicted octanol–water partition coefficient (Wildman–Crippen LogP) is 1.29. The second-order valence-electron chi connectivity index (χ2n) is 5.01. The molecular formula is C14H23N3. The summed E-state index contributed by atoms with van der Waals surface area (Å²) in [5, 5.41) is 3.38. The second kappa shape index (κ2) is 6.15. The lowest BCUT2D eigenvalue weighted by atomic mass is 10.1. The molecule has 1 fully saturated rings. The highest BCUT2D eigenvalue weighted by Gasteiger charge is 2.11. The standard InChI is InChI=1S/C14H23N3/c1-13-3-5-14(6-4-13)11-16(2)12-17-9-7-15-8-10-17/h3-6,15H,7-12H2,1-2H3. The van der Waals surface area contributed by atoms with Gasteiger partial charge in [0.15, 0.2) is 0 Å². The minimum absolute atomic E-state index is 1.03. The SMILES string of the molecule is Cc1ccc(CN(C)CN2CCNCC2)cc1. The quantitative estimate of drug-likeness (QED) is 0.845. The van der Waals surface area contributed by atoms with Crippen molar-refractivity contribution < 1.29 is 0 Å². The Labute approximate surface area is 104 Å². The zero-order valence-electron chi connectivity index (χ0n) is 10.9. The molecule has 1 aromatic rings. The molecule has 1 aliphatic heterocycles. The highest BCUT2D eigenvalue weighted by atomic mass is 15.3. The van der Waals surface area contributed by atoms with E-state index in [2.05, 4.69) is 53.4 Å². The number of nitrogens with one attached hydrogen (secondary N) is 1. The molecular weight excluding hydrogens is 210 g/mol. The first-order chi connectivity index (χ1) is 8.24. The van der Waals surface area contributed by atoms with E-state index >= 15 is 0 Å². The number of aryl methyl sites for hydroxylation is 1. The van der Waals surface area contributed by atoms with Crippen LogP contribution in [-0.2, 0) is 6.54 Å². The van der Waals surface area contributed by atoms with E-state index in [1.165, 1.54) is 11.1 Å². The molecule has 0 aliphatic carbocycles. The molecule has 0 amide bonds. The van der Waals surface area contributed by atoms with Crippen LogP contribution in [0.5, 0.6) is 0 Å². The van der Waals surface area contributed by atoms with Crippen molar-refractivity contribution in [1.82, 2.24) is 15.1 Å². The molecule has 3 heteroatoms. The van der Waals surface area contributed by atoms with E-state index in [0.717, 1.165) is 39.4 Å². The molecule has 17 heavy (non-hydrogen) atoms. The van der Waals surface area contributed by atoms with Gasteiger partial charge in [-0.05, 0) is 19.5 Å². The normalized spacial score (nSPS) is 17.6. The Hall–Kier alpha value is -0.900. The first kappa shape index (κ1) is 12.6. The summed E-state index contributed by atoms with van der Waals surface area (Å²) in [6.45, 7) is 8.81. The maximum absolute atomic E-state index is 3.38. The minimum atomic E-state index is 1.03. The Morgan fingerprint density at radius 3 is 2.47 bits per heavy atom. The topological polar surface area (TPSA) is 18.5 Å². The lowest BCUT2D eigenvalue weighted by molar-refractivity contribution is 0.135. The molecule has 1 N–H and O–H groups in total. The molecule has 1 aliphatic rings. The molecule has 0 bridgehead atoms. The Bertz CT molecular complexity index is 328. The van der Waals surface area contributed by atoms with Crippen LogP contribution in [0, 0.1) is 6.92 Å². The molecule has 0 radical (unpaired) electrons. The van der Waals surface area contributed by atoms with Gasteiger partial charge in [0.05, 0.1) is 6.67 Å². The van der Waals surface area contributed by atoms with Crippen LogP contribution < -0.4 is 5.32 Å². The van der Waals surface area contributed by atoms with Crippen molar-refractivity contribution in [3.05, 3.63) is 35.4 Å². The van der Waals surface area contributed by atoms with Crippen molar-refractivity contribution in [2.45, 2.75) is 13.5 Å². The third kappa shape index (κ3) is 4.11. The fraction of sp³-hybridized carbons (Fsp3) is 0.571. The maximum atomic E-state index is 3.38. The fourth-order valence-electron chi connectivity index (χ4n) is 2.25. The van der Waals surface area contributed by atoms with Gasteiger partial charge in [-0.25, -0.2) is 0 Å². The molecule has 0 atom stereocenters. The van der Waals surface area contributed by atoms with Gasteiger partial charge in [0.1, 0.15) is 0 Å². The van der Waals surface area contributed by atoms with Gasteiger partial charge in [-0.1, -0.05) is 29.8 Å². The van der Waals surface area contributed by atoms with E-state index in [-0.39, 0.29) is 0 Å². The van der Waals surface area contributed by atoms with Gasteiger partial charge in [0, 0.05) is 32.7 Å². The Morgan fingerprint density at radius 2 is 1.82 bits per heavy atom. The summed E-state index contributed by atoms with van der Waals surface area (Å²) in [5.74, 6) is 0. The van der Waals surface area contributed by atoms with E-state index in [4.69, 9.17) is 0 Å². The zero-order valence-corrected chi connectivity index (χ0v) is 10.9. The summed E-state index contributed by atoms with van der Waals surface area (Å²) in [5.41, 5.74) is 2.73. The zero-order chi connectivity index (χ0) is 12.1. The Morgan fingerprint density at radius 1 is 1.18 bits per heavy atom. The van der Waals surface area contributed by atoms with Gasteiger partial charge >= 0.3 is 0 Å². The molecule has 2 rings (SSSR count). The van der Waals surface area contributed by atoms with Crippen molar-refractivity contribution in [2.24, 2.45) is 0 Å². The molecule has 3 nitrogen and oxygen atoms in total. The van der Waals surface area contributed by atoms with Crippen molar-refractivity contribution in [1.29, 1.82) is 0 Å². The number of hydrogen-bond acceptors (Lipinski definition) is 3. The van der Waals surface area contributed by atoms with Gasteiger partial charge in [-0.3, -0.25) is 9.80 Å². The molecule has 94 valence electrons. The predicted molar refractivity (Wildman–Crippen MR) is 72.0 cm³/mol. The highest BCUT2D eigenvalue weighted by molar-refractivity contribution is 5.21. The van der Waals surface area contributed by atoms with Gasteiger partial charge in [0.25, 0.3) is 0 Å². The van der Waals surface area contributed by atoms with Crippen molar-refractivity contribution >= 4 is 0 Å². The van der Waals surface area contributed by atoms with Crippen LogP contribution in [0.25, 0.3) is 0 Å². The van der Waals surface area contributed by atoms with Crippen molar-refractivity contribution in [3.63, 3.8) is 0 Å². The average molecular weight is 233 g/mol. The Kier molecular flexibility index (Phi) is 4.54. The minimum Gasteiger partial charge on any atom is -0.314 e. The van der Waals surface area contributed by atoms with Crippen LogP contribution in [-0.4, -0.2) is 49.7 Å². The van der Waals surface area contributed by atoms with E-state index in [9.17, 15) is 0 Å². The van der Waals surface area contributed by atoms with E-state index in [0.29, 0.717) is 0 Å². The third-order valence-electron chi connectivity index (χ3n) is 3.22. The van der Waals surface area contributed by atoms with Crippen LogP contribution in [0.15, 0.2) is 24.3 Å². The fourth-order valence-corrected chi connectivity index (χ4v) is 2.25. The number of nitrogens with zero attached hydrogens (tertiary/aromatic N) is 2. The summed E-state index contributed by atoms with van der Waals surface area (Å²) in [6.07, 6.45) is 0. The second-order valence-corrected chi connectivity index (χ2v) is 5.01. The largest absolute Gasteiger partial charge is 0.314 e. The van der Waals surface area contributed by atoms with Gasteiger partial charge in [0.2, 0.25) is 0 Å². The summed E-state index contributed by atoms with van der Waals surface area (Å²) < 4.78 is 0. The van der Waals surface area contributed by atoms with Crippen LogP contribution in [0.3, 0.4) is 0 Å². The smallest absolute Gasteiger partial charge is 0.0507 e. The van der Waals surface area contributed by atoms with Gasteiger partial charge in [-0.2, -0.15) is 0 Å². The monoisotopic (exact) mass is 233 g/mol. The third-order valence-corrected chi connectivity index (χ3v) is 3.22. The molecule has 0 spiro atoms. The van der Waals surface area contributed by atoms with Crippen LogP contribution in [0.2, 0.25) is 0 Å². The summed E-state index contributed by atoms with van der Waals surface area (Å²) in [6, 6.07) is 8.83. The number of rotatable bonds is 4. The van der Waals surface area contributed by atoms with Crippen LogP contribution in [0.4, 0.5) is 0 Å². The lowest BCUT2D eigenvalue weighted by Crippen LogP contribution is -2.47. The summed E-state index contributed by atoms with van der Waals surface area (Å²) in [7, 11) is 2.20. The van der Waals surface area contributed by atoms with E-state index in [1.54, 1.807) is 0 Å². The molecule has 1 heterocycles. The van der Waals surface area contributed by atoms with Crippen molar-refractivity contribution in [2.75, 3.05) is 39.9 Å². The van der Waals surface area contributed by atoms with Gasteiger partial charge in [-0.15, -0.1) is 0 Å². The summed E-state index contributed by atoms with van der Waals surface area (Å²) in [4.78, 5) is 4.89. The van der Waals surface area contributed by atoms with E-state index in [1.807, 2.05) is 0 Å². The molecule has 0 saturated carbocycles. The van der Waals surface area contributed by atoms with Crippen LogP contribution in [0.1, 0.15) is 11.1 Å². The lowest BCUT2D eigenvalue weighted by Gasteiger charge is -2.31. The molecule has 1 aromatic carbocycles. The molecule has 1 saturated heterocycles. The number of piperazine rings is 1.